The lowest BCUT2D eigenvalue weighted by atomic mass is 10.1. The monoisotopic (exact) mass is 501 g/mol. The Morgan fingerprint density at radius 1 is 1.11 bits per heavy atom. The molecule has 3 amide bonds. The minimum Gasteiger partial charge on any atom is -0.508 e. The number of rotatable bonds is 6. The maximum atomic E-state index is 13.2. The number of hydrogen-bond acceptors (Lipinski definition) is 7. The number of urea groups is 1. The number of aromatic carboxylic acids is 1. The second-order valence-electron chi connectivity index (χ2n) is 8.82. The molecule has 10 nitrogen and oxygen atoms in total. The first-order chi connectivity index (χ1) is 16.4. The summed E-state index contributed by atoms with van der Waals surface area (Å²) < 4.78 is 5.50. The molecule has 11 heteroatoms. The van der Waals surface area contributed by atoms with Crippen molar-refractivity contribution in [3.8, 4) is 5.75 Å². The molecular formula is C24H27N3O7S. The van der Waals surface area contributed by atoms with Crippen LogP contribution in [0.15, 0.2) is 48.5 Å². The second kappa shape index (κ2) is 10.7. The molecular weight excluding hydrogens is 474 g/mol. The molecule has 2 aromatic rings. The number of ether oxygens (including phenoxy) is 1. The largest absolute Gasteiger partial charge is 0.508 e. The smallest absolute Gasteiger partial charge is 0.335 e. The van der Waals surface area contributed by atoms with Gasteiger partial charge in [-0.1, -0.05) is 18.2 Å². The van der Waals surface area contributed by atoms with E-state index in [1.54, 1.807) is 32.9 Å². The molecule has 0 radical (unpaired) electrons. The van der Waals surface area contributed by atoms with Crippen molar-refractivity contribution < 1.29 is 34.1 Å². The van der Waals surface area contributed by atoms with E-state index in [1.165, 1.54) is 53.1 Å². The van der Waals surface area contributed by atoms with Crippen LogP contribution in [0, 0.1) is 0 Å². The summed E-state index contributed by atoms with van der Waals surface area (Å²) in [6.45, 7) is 4.78. The van der Waals surface area contributed by atoms with Crippen molar-refractivity contribution in [3.63, 3.8) is 0 Å². The van der Waals surface area contributed by atoms with E-state index in [0.29, 0.717) is 5.56 Å². The van der Waals surface area contributed by atoms with Crippen LogP contribution >= 0.6 is 11.8 Å². The number of carbonyl (C=O) groups is 4. The number of carboxylic acids is 1. The molecule has 0 saturated carbocycles. The van der Waals surface area contributed by atoms with E-state index in [0.717, 1.165) is 0 Å². The molecule has 2 aromatic carbocycles. The number of nitrogens with one attached hydrogen (secondary N) is 2. The predicted molar refractivity (Wildman–Crippen MR) is 130 cm³/mol. The zero-order valence-electron chi connectivity index (χ0n) is 19.5. The number of aromatic hydroxyl groups is 1. The van der Waals surface area contributed by atoms with Gasteiger partial charge in [0.15, 0.2) is 0 Å². The fourth-order valence-corrected chi connectivity index (χ4v) is 4.88. The SMILES string of the molecule is CC(C)(C)OC(=O)C1CSC(c2cccc(O)c2)N1C(=O)CNC(=O)Nc1cccc(C(=O)O)c1. The van der Waals surface area contributed by atoms with Crippen LogP contribution in [0.1, 0.15) is 42.1 Å². The number of amides is 3. The molecule has 2 atom stereocenters. The van der Waals surface area contributed by atoms with Gasteiger partial charge in [0.05, 0.1) is 12.1 Å². The predicted octanol–water partition coefficient (Wildman–Crippen LogP) is 3.20. The van der Waals surface area contributed by atoms with E-state index in [9.17, 15) is 24.3 Å². The first kappa shape index (κ1) is 25.9. The van der Waals surface area contributed by atoms with Gasteiger partial charge in [-0.2, -0.15) is 0 Å². The molecule has 1 saturated heterocycles. The number of benzene rings is 2. The summed E-state index contributed by atoms with van der Waals surface area (Å²) in [7, 11) is 0. The number of hydrogen-bond donors (Lipinski definition) is 4. The van der Waals surface area contributed by atoms with Gasteiger partial charge in [-0.15, -0.1) is 11.8 Å². The minimum absolute atomic E-state index is 0.00197. The zero-order chi connectivity index (χ0) is 25.8. The van der Waals surface area contributed by atoms with E-state index in [1.807, 2.05) is 0 Å². The summed E-state index contributed by atoms with van der Waals surface area (Å²) in [5, 5.41) is 23.3. The number of anilines is 1. The molecule has 2 unspecified atom stereocenters. The van der Waals surface area contributed by atoms with Crippen molar-refractivity contribution in [2.45, 2.75) is 37.8 Å². The lowest BCUT2D eigenvalue weighted by molar-refractivity contribution is -0.163. The minimum atomic E-state index is -1.14. The topological polar surface area (TPSA) is 145 Å². The summed E-state index contributed by atoms with van der Waals surface area (Å²) in [5.41, 5.74) is 0.129. The Kier molecular flexibility index (Phi) is 7.90. The van der Waals surface area contributed by atoms with Crippen LogP contribution < -0.4 is 10.6 Å². The van der Waals surface area contributed by atoms with Crippen molar-refractivity contribution in [2.75, 3.05) is 17.6 Å². The maximum Gasteiger partial charge on any atom is 0.335 e. The summed E-state index contributed by atoms with van der Waals surface area (Å²) in [4.78, 5) is 50.9. The van der Waals surface area contributed by atoms with Gasteiger partial charge in [0.1, 0.15) is 22.8 Å². The van der Waals surface area contributed by atoms with Gasteiger partial charge < -0.3 is 30.5 Å². The molecule has 1 aliphatic rings. The van der Waals surface area contributed by atoms with Gasteiger partial charge in [-0.05, 0) is 56.7 Å². The molecule has 1 fully saturated rings. The maximum absolute atomic E-state index is 13.2. The van der Waals surface area contributed by atoms with Crippen LogP contribution in [-0.2, 0) is 14.3 Å². The number of nitrogens with zero attached hydrogens (tertiary/aromatic N) is 1. The Labute approximate surface area is 206 Å². The quantitative estimate of drug-likeness (QED) is 0.442. The molecule has 4 N–H and O–H groups in total. The van der Waals surface area contributed by atoms with Crippen molar-refractivity contribution >= 4 is 41.3 Å². The highest BCUT2D eigenvalue weighted by Crippen LogP contribution is 2.42. The van der Waals surface area contributed by atoms with Gasteiger partial charge in [0.2, 0.25) is 5.91 Å². The summed E-state index contributed by atoms with van der Waals surface area (Å²) in [5.74, 6) is -1.90. The molecule has 1 heterocycles. The lowest BCUT2D eigenvalue weighted by Gasteiger charge is -2.30. The van der Waals surface area contributed by atoms with Crippen LogP contribution in [0.2, 0.25) is 0 Å². The zero-order valence-corrected chi connectivity index (χ0v) is 20.3. The average molecular weight is 502 g/mol. The number of phenolic OH excluding ortho intramolecular Hbond substituents is 1. The fourth-order valence-electron chi connectivity index (χ4n) is 3.45. The Morgan fingerprint density at radius 3 is 2.49 bits per heavy atom. The van der Waals surface area contributed by atoms with Gasteiger partial charge in [-0.25, -0.2) is 14.4 Å². The van der Waals surface area contributed by atoms with Gasteiger partial charge in [0, 0.05) is 11.4 Å². The highest BCUT2D eigenvalue weighted by atomic mass is 32.2. The molecule has 186 valence electrons. The number of carboxylic acid groups (broad SMARTS) is 1. The van der Waals surface area contributed by atoms with E-state index in [4.69, 9.17) is 9.84 Å². The Balaban J connectivity index is 1.74. The third kappa shape index (κ3) is 6.89. The lowest BCUT2D eigenvalue weighted by Crippen LogP contribution is -2.49. The Bertz CT molecular complexity index is 1130. The number of thioether (sulfide) groups is 1. The van der Waals surface area contributed by atoms with E-state index in [2.05, 4.69) is 10.6 Å². The van der Waals surface area contributed by atoms with E-state index in [-0.39, 0.29) is 22.8 Å². The van der Waals surface area contributed by atoms with Gasteiger partial charge in [-0.3, -0.25) is 4.79 Å². The molecule has 0 aliphatic carbocycles. The van der Waals surface area contributed by atoms with E-state index >= 15 is 0 Å². The van der Waals surface area contributed by atoms with Crippen LogP contribution in [-0.4, -0.2) is 62.9 Å². The third-order valence-electron chi connectivity index (χ3n) is 4.89. The van der Waals surface area contributed by atoms with Crippen LogP contribution in [0.5, 0.6) is 5.75 Å². The average Bonchev–Trinajstić information content (AvgIpc) is 3.22. The summed E-state index contributed by atoms with van der Waals surface area (Å²) in [6.07, 6.45) is 0. The third-order valence-corrected chi connectivity index (χ3v) is 6.21. The molecule has 0 spiro atoms. The first-order valence-corrected chi connectivity index (χ1v) is 11.8. The molecule has 1 aliphatic heterocycles. The number of carbonyl (C=O) groups excluding carboxylic acids is 3. The van der Waals surface area contributed by atoms with E-state index < -0.39 is 47.4 Å². The van der Waals surface area contributed by atoms with Gasteiger partial charge in [0.25, 0.3) is 0 Å². The first-order valence-electron chi connectivity index (χ1n) is 10.8. The van der Waals surface area contributed by atoms with Crippen molar-refractivity contribution in [1.29, 1.82) is 0 Å². The standard InChI is InChI=1S/C24H27N3O7S/c1-24(2,3)34-22(32)18-13-35-20(14-6-5-9-17(28)11-14)27(18)19(29)12-25-23(33)26-16-8-4-7-15(10-16)21(30)31/h4-11,18,20,28H,12-13H2,1-3H3,(H,30,31)(H2,25,26,33). The van der Waals surface area contributed by atoms with Crippen molar-refractivity contribution in [1.82, 2.24) is 10.2 Å². The molecule has 3 rings (SSSR count). The number of esters is 1. The molecule has 35 heavy (non-hydrogen) atoms. The highest BCUT2D eigenvalue weighted by molar-refractivity contribution is 7.99. The normalized spacial score (nSPS) is 17.5. The molecule has 0 aromatic heterocycles. The van der Waals surface area contributed by atoms with Crippen molar-refractivity contribution in [3.05, 3.63) is 59.7 Å². The van der Waals surface area contributed by atoms with Crippen LogP contribution in [0.25, 0.3) is 0 Å². The number of phenols is 1. The fraction of sp³-hybridized carbons (Fsp3) is 0.333. The summed E-state index contributed by atoms with van der Waals surface area (Å²) >= 11 is 1.35. The van der Waals surface area contributed by atoms with Crippen LogP contribution in [0.3, 0.4) is 0 Å². The Hall–Kier alpha value is -3.73. The highest BCUT2D eigenvalue weighted by Gasteiger charge is 2.44. The second-order valence-corrected chi connectivity index (χ2v) is 9.94. The van der Waals surface area contributed by atoms with Crippen molar-refractivity contribution in [2.24, 2.45) is 0 Å². The van der Waals surface area contributed by atoms with Crippen LogP contribution in [0.4, 0.5) is 10.5 Å². The molecule has 0 bridgehead atoms. The summed E-state index contributed by atoms with van der Waals surface area (Å²) in [6, 6.07) is 10.5. The van der Waals surface area contributed by atoms with Gasteiger partial charge >= 0.3 is 18.0 Å². The Morgan fingerprint density at radius 2 is 1.83 bits per heavy atom.